The molecule has 0 aromatic heterocycles. The minimum absolute atomic E-state index is 0.00602. The van der Waals surface area contributed by atoms with Gasteiger partial charge in [-0.15, -0.1) is 0 Å². The lowest BCUT2D eigenvalue weighted by molar-refractivity contribution is -0.901. The minimum atomic E-state index is -0.703. The Labute approximate surface area is 404 Å². The van der Waals surface area contributed by atoms with Gasteiger partial charge in [0, 0.05) is 26.8 Å². The number of anilines is 1. The van der Waals surface area contributed by atoms with Gasteiger partial charge in [-0.1, -0.05) is 90.5 Å². The predicted octanol–water partition coefficient (Wildman–Crippen LogP) is 9.75. The van der Waals surface area contributed by atoms with E-state index in [-0.39, 0.29) is 6.61 Å². The number of ether oxygens (including phenoxy) is 7. The number of hydrogen-bond donors (Lipinski definition) is 1. The van der Waals surface area contributed by atoms with Gasteiger partial charge in [-0.3, -0.25) is 0 Å². The summed E-state index contributed by atoms with van der Waals surface area (Å²) in [4.78, 5) is 2.15. The Morgan fingerprint density at radius 3 is 1.90 bits per heavy atom. The molecule has 0 amide bonds. The first kappa shape index (κ1) is 50.7. The van der Waals surface area contributed by atoms with E-state index >= 15 is 0 Å². The van der Waals surface area contributed by atoms with Crippen LogP contribution in [0, 0.1) is 13.8 Å². The highest BCUT2D eigenvalue weighted by Gasteiger charge is 2.47. The number of rotatable bonds is 27. The summed E-state index contributed by atoms with van der Waals surface area (Å²) in [5.74, 6) is 0.799. The van der Waals surface area contributed by atoms with Crippen LogP contribution in [-0.2, 0) is 47.0 Å². The van der Waals surface area contributed by atoms with Gasteiger partial charge in [0.15, 0.2) is 0 Å². The predicted molar refractivity (Wildman–Crippen MR) is 274 cm³/mol. The van der Waals surface area contributed by atoms with Crippen molar-refractivity contribution in [3.63, 3.8) is 0 Å². The van der Waals surface area contributed by atoms with E-state index in [1.165, 1.54) is 72.0 Å². The molecule has 6 aromatic rings. The number of aryl methyl sites for hydroxylation is 2. The van der Waals surface area contributed by atoms with Crippen molar-refractivity contribution < 1.29 is 42.7 Å². The van der Waals surface area contributed by atoms with Crippen molar-refractivity contribution >= 4 is 16.5 Å². The Morgan fingerprint density at radius 2 is 1.19 bits per heavy atom. The highest BCUT2D eigenvalue weighted by atomic mass is 16.6. The number of quaternary nitrogens is 1. The maximum atomic E-state index is 9.00. The topological polar surface area (TPSA) is 88.1 Å². The molecule has 1 atom stereocenters. The smallest absolute Gasteiger partial charge is 0.142 e. The normalized spacial score (nSPS) is 14.4. The molecular weight excluding hydrogens is 853 g/mol. The Bertz CT molecular complexity index is 2590. The first-order valence-corrected chi connectivity index (χ1v) is 24.1. The Hall–Kier alpha value is -5.14. The van der Waals surface area contributed by atoms with E-state index in [1.54, 1.807) is 7.11 Å². The molecule has 0 saturated carbocycles. The fraction of sp³-hybridized carbons (Fsp3) is 0.414. The number of benzene rings is 6. The second-order valence-electron chi connectivity index (χ2n) is 18.6. The molecule has 68 heavy (non-hydrogen) atoms. The van der Waals surface area contributed by atoms with Gasteiger partial charge in [0.2, 0.25) is 0 Å². The molecule has 1 N–H and O–H groups in total. The van der Waals surface area contributed by atoms with Crippen LogP contribution < -0.4 is 9.64 Å². The van der Waals surface area contributed by atoms with Crippen LogP contribution in [0.25, 0.3) is 33.0 Å². The molecule has 0 heterocycles. The van der Waals surface area contributed by atoms with E-state index in [9.17, 15) is 0 Å². The third-order valence-corrected chi connectivity index (χ3v) is 13.2. The molecule has 10 heteroatoms. The van der Waals surface area contributed by atoms with Crippen LogP contribution in [0.5, 0.6) is 5.75 Å². The van der Waals surface area contributed by atoms with Crippen molar-refractivity contribution in [1.29, 1.82) is 0 Å². The average Bonchev–Trinajstić information content (AvgIpc) is 3.62. The minimum Gasteiger partial charge on any atom is -0.489 e. The first-order chi connectivity index (χ1) is 33.0. The van der Waals surface area contributed by atoms with Gasteiger partial charge in [0.1, 0.15) is 18.9 Å². The highest BCUT2D eigenvalue weighted by molar-refractivity contribution is 5.99. The summed E-state index contributed by atoms with van der Waals surface area (Å²) in [6.45, 7) is 14.0. The first-order valence-electron chi connectivity index (χ1n) is 24.1. The lowest BCUT2D eigenvalue weighted by Crippen LogP contribution is -2.38. The van der Waals surface area contributed by atoms with Crippen LogP contribution in [0.3, 0.4) is 0 Å². The standard InChI is InChI=1S/C58H73N2O8/c1-9-60(6,7)40-46-37-47(19-17-45(46)41-67-33-32-65-29-28-63-25-24-61)58(48-20-23-57(56(39-48)59(4)5)68-35-34-66-31-30-64-27-26-62-8)54-36-42(2)16-21-52(54)53-22-18-44(38-55(53)58)50-14-11-13-49-43(3)12-10-15-51(49)50/h10-23,36-39,61H,9,24-35,40-41H2,1-8H3/q+1. The van der Waals surface area contributed by atoms with Crippen LogP contribution in [-0.4, -0.2) is 131 Å². The number of aliphatic hydroxyl groups is 1. The molecule has 1 unspecified atom stereocenters. The number of hydrogen-bond acceptors (Lipinski definition) is 9. The van der Waals surface area contributed by atoms with Gasteiger partial charge in [-0.2, -0.15) is 0 Å². The molecule has 10 nitrogen and oxygen atoms in total. The molecule has 0 spiro atoms. The molecule has 1 aliphatic carbocycles. The van der Waals surface area contributed by atoms with Gasteiger partial charge in [0.05, 0.1) is 111 Å². The molecule has 0 radical (unpaired) electrons. The molecule has 0 aliphatic heterocycles. The van der Waals surface area contributed by atoms with Crippen molar-refractivity contribution in [2.45, 2.75) is 39.3 Å². The van der Waals surface area contributed by atoms with Crippen LogP contribution in [0.2, 0.25) is 0 Å². The van der Waals surface area contributed by atoms with E-state index in [1.807, 2.05) is 0 Å². The molecular formula is C58H73N2O8+. The molecule has 6 aromatic carbocycles. The zero-order valence-electron chi connectivity index (χ0n) is 41.7. The summed E-state index contributed by atoms with van der Waals surface area (Å²) in [5, 5.41) is 11.5. The van der Waals surface area contributed by atoms with Crippen LogP contribution in [0.1, 0.15) is 51.4 Å². The molecule has 362 valence electrons. The lowest BCUT2D eigenvalue weighted by Gasteiger charge is -2.36. The third kappa shape index (κ3) is 11.6. The summed E-state index contributed by atoms with van der Waals surface area (Å²) in [6.07, 6.45) is 0. The number of fused-ring (bicyclic) bond motifs is 4. The zero-order chi connectivity index (χ0) is 48.1. The Morgan fingerprint density at radius 1 is 0.574 bits per heavy atom. The third-order valence-electron chi connectivity index (χ3n) is 13.2. The van der Waals surface area contributed by atoms with Gasteiger partial charge < -0.3 is 47.6 Å². The highest BCUT2D eigenvalue weighted by Crippen LogP contribution is 2.58. The van der Waals surface area contributed by atoms with Crippen molar-refractivity contribution in [2.75, 3.05) is 126 Å². The SMILES string of the molecule is CC[N+](C)(C)Cc1cc(C2(c3ccc(OCCOCCOCCOC)c(N(C)C)c3)c3cc(C)ccc3-c3ccc(-c4cccc5c(C)cccc45)cc32)ccc1COCCOCCOCCO. The summed E-state index contributed by atoms with van der Waals surface area (Å²) >= 11 is 0. The van der Waals surface area contributed by atoms with E-state index in [4.69, 9.17) is 38.3 Å². The monoisotopic (exact) mass is 926 g/mol. The molecule has 0 fully saturated rings. The molecule has 0 bridgehead atoms. The van der Waals surface area contributed by atoms with Crippen molar-refractivity contribution in [2.24, 2.45) is 0 Å². The number of nitrogens with zero attached hydrogens (tertiary/aromatic N) is 2. The van der Waals surface area contributed by atoms with E-state index < -0.39 is 5.41 Å². The average molecular weight is 926 g/mol. The summed E-state index contributed by atoms with van der Waals surface area (Å²) in [7, 11) is 10.4. The second kappa shape index (κ2) is 23.9. The zero-order valence-corrected chi connectivity index (χ0v) is 41.7. The lowest BCUT2D eigenvalue weighted by atomic mass is 9.66. The number of methoxy groups -OCH3 is 1. The van der Waals surface area contributed by atoms with E-state index in [2.05, 4.69) is 163 Å². The fourth-order valence-electron chi connectivity index (χ4n) is 9.42. The molecule has 1 aliphatic rings. The fourth-order valence-corrected chi connectivity index (χ4v) is 9.42. The summed E-state index contributed by atoms with van der Waals surface area (Å²) in [6, 6.07) is 41.3. The van der Waals surface area contributed by atoms with Crippen LogP contribution in [0.4, 0.5) is 5.69 Å². The number of aliphatic hydroxyl groups excluding tert-OH is 1. The van der Waals surface area contributed by atoms with Crippen LogP contribution >= 0.6 is 0 Å². The van der Waals surface area contributed by atoms with Gasteiger partial charge >= 0.3 is 0 Å². The summed E-state index contributed by atoms with van der Waals surface area (Å²) in [5.41, 5.74) is 14.9. The van der Waals surface area contributed by atoms with Crippen LogP contribution in [0.15, 0.2) is 109 Å². The Balaban J connectivity index is 1.36. The van der Waals surface area contributed by atoms with Crippen molar-refractivity contribution in [1.82, 2.24) is 0 Å². The molecule has 7 rings (SSSR count). The maximum Gasteiger partial charge on any atom is 0.142 e. The van der Waals surface area contributed by atoms with E-state index in [0.29, 0.717) is 79.3 Å². The Kier molecular flexibility index (Phi) is 17.8. The maximum absolute atomic E-state index is 9.00. The van der Waals surface area contributed by atoms with Gasteiger partial charge in [0.25, 0.3) is 0 Å². The second-order valence-corrected chi connectivity index (χ2v) is 18.6. The van der Waals surface area contributed by atoms with Gasteiger partial charge in [-0.05, 0) is 111 Å². The van der Waals surface area contributed by atoms with E-state index in [0.717, 1.165) is 34.6 Å². The largest absolute Gasteiger partial charge is 0.489 e. The van der Waals surface area contributed by atoms with Crippen molar-refractivity contribution in [3.05, 3.63) is 154 Å². The molecule has 0 saturated heterocycles. The summed E-state index contributed by atoms with van der Waals surface area (Å²) < 4.78 is 41.3. The van der Waals surface area contributed by atoms with Crippen molar-refractivity contribution in [3.8, 4) is 28.0 Å². The van der Waals surface area contributed by atoms with Gasteiger partial charge in [-0.25, -0.2) is 0 Å². The quantitative estimate of drug-likeness (QED) is 0.0400.